The van der Waals surface area contributed by atoms with Gasteiger partial charge < -0.3 is 19.1 Å². The minimum atomic E-state index is -0.333. The first-order chi connectivity index (χ1) is 20.6. The number of nitrogens with zero attached hydrogens (tertiary/aromatic N) is 4. The fraction of sp³-hybridized carbons (Fsp3) is 0.400. The van der Waals surface area contributed by atoms with Gasteiger partial charge >= 0.3 is 5.97 Å². The Bertz CT molecular complexity index is 1610. The Morgan fingerprint density at radius 3 is 2.43 bits per heavy atom. The van der Waals surface area contributed by atoms with E-state index in [9.17, 15) is 9.59 Å². The number of amides is 1. The fourth-order valence-corrected chi connectivity index (χ4v) is 7.55. The van der Waals surface area contributed by atoms with Crippen molar-refractivity contribution in [3.05, 3.63) is 83.7 Å². The van der Waals surface area contributed by atoms with E-state index >= 15 is 0 Å². The summed E-state index contributed by atoms with van der Waals surface area (Å²) >= 11 is 0. The summed E-state index contributed by atoms with van der Waals surface area (Å²) in [6.45, 7) is 3.63. The number of aromatic nitrogens is 2. The number of esters is 1. The van der Waals surface area contributed by atoms with E-state index in [1.54, 1.807) is 0 Å². The summed E-state index contributed by atoms with van der Waals surface area (Å²) in [6, 6.07) is 18.7. The van der Waals surface area contributed by atoms with Crippen LogP contribution < -0.4 is 4.90 Å². The van der Waals surface area contributed by atoms with Crippen LogP contribution in [0.3, 0.4) is 0 Å². The molecule has 4 aromatic rings. The number of fused-ring (bicyclic) bond motifs is 5. The van der Waals surface area contributed by atoms with Crippen LogP contribution in [0.4, 0.5) is 5.69 Å². The second-order valence-electron chi connectivity index (χ2n) is 12.0. The number of rotatable bonds is 4. The van der Waals surface area contributed by atoms with E-state index in [0.29, 0.717) is 37.5 Å². The van der Waals surface area contributed by atoms with Crippen LogP contribution in [0.5, 0.6) is 0 Å². The van der Waals surface area contributed by atoms with Gasteiger partial charge in [-0.05, 0) is 60.6 Å². The Morgan fingerprint density at radius 1 is 0.905 bits per heavy atom. The number of pyridine rings is 1. The summed E-state index contributed by atoms with van der Waals surface area (Å²) in [6.07, 6.45) is 10.5. The molecule has 42 heavy (non-hydrogen) atoms. The van der Waals surface area contributed by atoms with Gasteiger partial charge in [-0.3, -0.25) is 9.78 Å². The highest BCUT2D eigenvalue weighted by molar-refractivity contribution is 5.99. The van der Waals surface area contributed by atoms with Gasteiger partial charge in [-0.1, -0.05) is 49.6 Å². The molecule has 1 atom stereocenters. The zero-order valence-electron chi connectivity index (χ0n) is 24.3. The van der Waals surface area contributed by atoms with Crippen molar-refractivity contribution >= 4 is 28.5 Å². The number of piperazine rings is 1. The highest BCUT2D eigenvalue weighted by Gasteiger charge is 2.35. The zero-order chi connectivity index (χ0) is 28.6. The SMILES string of the molecule is COC(=O)c1ccc2c(C3CCCCC3)c3n(c2c1)CC(C(=O)N1CCN(c2ccncc2)CC1)Cc1ccccc1-3. The number of methoxy groups -OCH3 is 1. The summed E-state index contributed by atoms with van der Waals surface area (Å²) in [5, 5.41) is 1.21. The maximum Gasteiger partial charge on any atom is 0.337 e. The first kappa shape index (κ1) is 26.7. The molecule has 1 saturated heterocycles. The van der Waals surface area contributed by atoms with Crippen molar-refractivity contribution in [2.24, 2.45) is 5.92 Å². The van der Waals surface area contributed by atoms with Crippen molar-refractivity contribution in [3.8, 4) is 11.3 Å². The molecule has 7 nitrogen and oxygen atoms in total. The minimum Gasteiger partial charge on any atom is -0.465 e. The van der Waals surface area contributed by atoms with Crippen molar-refractivity contribution in [1.82, 2.24) is 14.5 Å². The molecule has 216 valence electrons. The van der Waals surface area contributed by atoms with Crippen LogP contribution in [0.2, 0.25) is 0 Å². The first-order valence-corrected chi connectivity index (χ1v) is 15.4. The summed E-state index contributed by atoms with van der Waals surface area (Å²) in [5.74, 6) is 0.178. The van der Waals surface area contributed by atoms with E-state index in [2.05, 4.69) is 49.7 Å². The molecule has 0 N–H and O–H groups in total. The van der Waals surface area contributed by atoms with E-state index in [0.717, 1.165) is 24.3 Å². The molecule has 2 aromatic heterocycles. The highest BCUT2D eigenvalue weighted by Crippen LogP contribution is 2.47. The molecule has 0 bridgehead atoms. The van der Waals surface area contributed by atoms with E-state index in [-0.39, 0.29) is 17.8 Å². The number of carbonyl (C=O) groups excluding carboxylic acids is 2. The number of hydrogen-bond acceptors (Lipinski definition) is 5. The molecule has 2 aromatic carbocycles. The maximum atomic E-state index is 14.2. The van der Waals surface area contributed by atoms with Crippen LogP contribution in [0.15, 0.2) is 67.0 Å². The van der Waals surface area contributed by atoms with Gasteiger partial charge in [-0.25, -0.2) is 4.79 Å². The molecule has 1 saturated carbocycles. The summed E-state index contributed by atoms with van der Waals surface area (Å²) < 4.78 is 7.46. The van der Waals surface area contributed by atoms with Crippen LogP contribution in [-0.4, -0.2) is 59.6 Å². The van der Waals surface area contributed by atoms with Crippen molar-refractivity contribution < 1.29 is 14.3 Å². The lowest BCUT2D eigenvalue weighted by molar-refractivity contribution is -0.136. The Hall–Kier alpha value is -4.13. The monoisotopic (exact) mass is 562 g/mol. The largest absolute Gasteiger partial charge is 0.465 e. The van der Waals surface area contributed by atoms with Crippen LogP contribution in [0, 0.1) is 5.92 Å². The Labute approximate surface area is 247 Å². The smallest absolute Gasteiger partial charge is 0.337 e. The van der Waals surface area contributed by atoms with Gasteiger partial charge in [0.15, 0.2) is 0 Å². The third-order valence-electron chi connectivity index (χ3n) is 9.65. The summed E-state index contributed by atoms with van der Waals surface area (Å²) in [7, 11) is 1.43. The molecular weight excluding hydrogens is 524 g/mol. The molecule has 3 aliphatic rings. The quantitative estimate of drug-likeness (QED) is 0.283. The van der Waals surface area contributed by atoms with Crippen molar-refractivity contribution in [3.63, 3.8) is 0 Å². The summed E-state index contributed by atoms with van der Waals surface area (Å²) in [5.41, 5.74) is 7.84. The molecule has 0 radical (unpaired) electrons. The van der Waals surface area contributed by atoms with Crippen molar-refractivity contribution in [1.29, 1.82) is 0 Å². The standard InChI is InChI=1S/C35H38N4O3/c1-42-35(41)26-11-12-30-31(22-26)39-23-27(34(40)38-19-17-37(18-20-38)28-13-15-36-16-14-28)21-25-9-5-6-10-29(25)33(39)32(30)24-7-3-2-4-8-24/h5-6,9-16,22,24,27H,2-4,7-8,17-21,23H2,1H3. The number of anilines is 1. The molecular formula is C35H38N4O3. The fourth-order valence-electron chi connectivity index (χ4n) is 7.55. The van der Waals surface area contributed by atoms with E-state index < -0.39 is 0 Å². The van der Waals surface area contributed by atoms with Gasteiger partial charge in [0.2, 0.25) is 5.91 Å². The van der Waals surface area contributed by atoms with Gasteiger partial charge in [0.1, 0.15) is 0 Å². The third kappa shape index (κ3) is 4.75. The molecule has 2 fully saturated rings. The number of benzene rings is 2. The van der Waals surface area contributed by atoms with Gasteiger partial charge in [-0.15, -0.1) is 0 Å². The van der Waals surface area contributed by atoms with E-state index in [4.69, 9.17) is 4.74 Å². The van der Waals surface area contributed by atoms with Gasteiger partial charge in [0, 0.05) is 67.3 Å². The highest BCUT2D eigenvalue weighted by atomic mass is 16.5. The lowest BCUT2D eigenvalue weighted by Crippen LogP contribution is -2.51. The molecule has 2 aliphatic heterocycles. The van der Waals surface area contributed by atoms with Crippen LogP contribution in [0.25, 0.3) is 22.2 Å². The van der Waals surface area contributed by atoms with Crippen LogP contribution in [-0.2, 0) is 22.5 Å². The van der Waals surface area contributed by atoms with Crippen molar-refractivity contribution in [2.45, 2.75) is 51.0 Å². The van der Waals surface area contributed by atoms with Crippen molar-refractivity contribution in [2.75, 3.05) is 38.2 Å². The zero-order valence-corrected chi connectivity index (χ0v) is 24.3. The molecule has 7 rings (SSSR count). The normalized spacial score (nSPS) is 19.2. The first-order valence-electron chi connectivity index (χ1n) is 15.4. The molecule has 1 aliphatic carbocycles. The Balaban J connectivity index is 1.29. The second-order valence-corrected chi connectivity index (χ2v) is 12.0. The lowest BCUT2D eigenvalue weighted by Gasteiger charge is -2.37. The predicted octanol–water partition coefficient (Wildman–Crippen LogP) is 6.06. The van der Waals surface area contributed by atoms with Gasteiger partial charge in [-0.2, -0.15) is 0 Å². The second kappa shape index (κ2) is 11.3. The Morgan fingerprint density at radius 2 is 1.67 bits per heavy atom. The Kier molecular flexibility index (Phi) is 7.18. The molecule has 4 heterocycles. The molecule has 7 heteroatoms. The van der Waals surface area contributed by atoms with Gasteiger partial charge in [0.25, 0.3) is 0 Å². The average molecular weight is 563 g/mol. The van der Waals surface area contributed by atoms with E-state index in [1.807, 2.05) is 36.7 Å². The average Bonchev–Trinajstić information content (AvgIpc) is 3.27. The van der Waals surface area contributed by atoms with Crippen LogP contribution >= 0.6 is 0 Å². The predicted molar refractivity (Wildman–Crippen MR) is 165 cm³/mol. The number of hydrogen-bond donors (Lipinski definition) is 0. The molecule has 1 unspecified atom stereocenters. The van der Waals surface area contributed by atoms with Crippen LogP contribution in [0.1, 0.15) is 59.5 Å². The number of carbonyl (C=O) groups is 2. The molecule has 0 spiro atoms. The third-order valence-corrected chi connectivity index (χ3v) is 9.65. The van der Waals surface area contributed by atoms with E-state index in [1.165, 1.54) is 67.0 Å². The topological polar surface area (TPSA) is 67.7 Å². The lowest BCUT2D eigenvalue weighted by atomic mass is 9.81. The summed E-state index contributed by atoms with van der Waals surface area (Å²) in [4.78, 5) is 35.4. The minimum absolute atomic E-state index is 0.184. The number of ether oxygens (including phenoxy) is 1. The maximum absolute atomic E-state index is 14.2. The molecule has 1 amide bonds. The van der Waals surface area contributed by atoms with Gasteiger partial charge in [0.05, 0.1) is 24.3 Å².